The van der Waals surface area contributed by atoms with Crippen LogP contribution < -0.4 is 5.73 Å². The van der Waals surface area contributed by atoms with Gasteiger partial charge in [-0.15, -0.1) is 10.2 Å². The molecule has 2 heterocycles. The quantitative estimate of drug-likeness (QED) is 0.711. The maximum absolute atomic E-state index is 12.8. The number of amides is 1. The van der Waals surface area contributed by atoms with Gasteiger partial charge in [-0.3, -0.25) is 9.89 Å². The number of aromatic amines is 1. The third-order valence-corrected chi connectivity index (χ3v) is 2.55. The number of nitrogens with one attached hydrogen (secondary N) is 1. The lowest BCUT2D eigenvalue weighted by atomic mass is 10.2. The second-order valence-corrected chi connectivity index (χ2v) is 3.90. The van der Waals surface area contributed by atoms with Gasteiger partial charge in [0.25, 0.3) is 11.9 Å². The Labute approximate surface area is 111 Å². The van der Waals surface area contributed by atoms with Gasteiger partial charge in [-0.25, -0.2) is 4.39 Å². The Morgan fingerprint density at radius 3 is 2.70 bits per heavy atom. The maximum atomic E-state index is 12.8. The first-order valence-electron chi connectivity index (χ1n) is 5.54. The molecule has 100 valence electrons. The van der Waals surface area contributed by atoms with Gasteiger partial charge in [0.1, 0.15) is 11.5 Å². The van der Waals surface area contributed by atoms with Gasteiger partial charge in [-0.1, -0.05) is 5.21 Å². The zero-order valence-corrected chi connectivity index (χ0v) is 9.99. The van der Waals surface area contributed by atoms with Crippen LogP contribution in [0.3, 0.4) is 0 Å². The fourth-order valence-corrected chi connectivity index (χ4v) is 1.58. The maximum Gasteiger partial charge on any atom is 0.286 e. The molecule has 3 aromatic rings. The van der Waals surface area contributed by atoms with Crippen molar-refractivity contribution in [3.63, 3.8) is 0 Å². The highest BCUT2D eigenvalue weighted by molar-refractivity contribution is 5.88. The van der Waals surface area contributed by atoms with Crippen LogP contribution in [0.25, 0.3) is 17.2 Å². The van der Waals surface area contributed by atoms with Gasteiger partial charge in [-0.2, -0.15) is 9.67 Å². The fraction of sp³-hybridized carbons (Fsp3) is 0. The first-order valence-corrected chi connectivity index (χ1v) is 5.54. The molecule has 0 aliphatic rings. The predicted molar refractivity (Wildman–Crippen MR) is 65.2 cm³/mol. The van der Waals surface area contributed by atoms with Crippen LogP contribution in [0.15, 0.2) is 30.5 Å². The van der Waals surface area contributed by atoms with Gasteiger partial charge < -0.3 is 5.73 Å². The predicted octanol–water partition coefficient (Wildman–Crippen LogP) is 0.290. The summed E-state index contributed by atoms with van der Waals surface area (Å²) in [6, 6.07) is 5.81. The van der Waals surface area contributed by atoms with Crippen molar-refractivity contribution in [1.82, 2.24) is 30.2 Å². The summed E-state index contributed by atoms with van der Waals surface area (Å²) in [4.78, 5) is 14.8. The summed E-state index contributed by atoms with van der Waals surface area (Å²) in [6.07, 6.45) is 1.56. The number of carbonyl (C=O) groups excluding carboxylic acids is 1. The summed E-state index contributed by atoms with van der Waals surface area (Å²) in [5, 5.41) is 13.9. The average molecular weight is 273 g/mol. The monoisotopic (exact) mass is 273 g/mol. The van der Waals surface area contributed by atoms with Gasteiger partial charge in [0, 0.05) is 5.56 Å². The number of hydrogen-bond acceptors (Lipinski definition) is 5. The van der Waals surface area contributed by atoms with Crippen LogP contribution in [0.2, 0.25) is 0 Å². The lowest BCUT2D eigenvalue weighted by Crippen LogP contribution is -2.13. The van der Waals surface area contributed by atoms with Crippen molar-refractivity contribution in [2.45, 2.75) is 0 Å². The molecule has 0 saturated carbocycles. The van der Waals surface area contributed by atoms with Gasteiger partial charge >= 0.3 is 0 Å². The first-order chi connectivity index (χ1) is 9.63. The van der Waals surface area contributed by atoms with Gasteiger partial charge in [0.2, 0.25) is 5.82 Å². The smallest absolute Gasteiger partial charge is 0.286 e. The molecular weight excluding hydrogens is 265 g/mol. The summed E-state index contributed by atoms with van der Waals surface area (Å²) >= 11 is 0. The third-order valence-electron chi connectivity index (χ3n) is 2.55. The molecule has 1 aromatic carbocycles. The molecule has 0 spiro atoms. The van der Waals surface area contributed by atoms with E-state index >= 15 is 0 Å². The van der Waals surface area contributed by atoms with Crippen LogP contribution in [0.5, 0.6) is 0 Å². The summed E-state index contributed by atoms with van der Waals surface area (Å²) in [6.45, 7) is 0. The number of rotatable bonds is 3. The molecule has 3 rings (SSSR count). The van der Waals surface area contributed by atoms with E-state index < -0.39 is 5.91 Å². The van der Waals surface area contributed by atoms with Gasteiger partial charge in [-0.05, 0) is 24.3 Å². The molecule has 9 heteroatoms. The normalized spacial score (nSPS) is 10.7. The molecule has 2 aromatic heterocycles. The lowest BCUT2D eigenvalue weighted by molar-refractivity contribution is 0.0991. The SMILES string of the molecule is NC(=O)c1nc(-n2cc(-c3ccc(F)cc3)nn2)n[nH]1. The second-order valence-electron chi connectivity index (χ2n) is 3.90. The van der Waals surface area contributed by atoms with E-state index in [9.17, 15) is 9.18 Å². The zero-order chi connectivity index (χ0) is 14.1. The van der Waals surface area contributed by atoms with Crippen molar-refractivity contribution in [2.75, 3.05) is 0 Å². The van der Waals surface area contributed by atoms with Crippen LogP contribution in [-0.2, 0) is 0 Å². The van der Waals surface area contributed by atoms with Crippen molar-refractivity contribution in [1.29, 1.82) is 0 Å². The van der Waals surface area contributed by atoms with Crippen LogP contribution in [0, 0.1) is 5.82 Å². The standard InChI is InChI=1S/C11H8FN7O/c12-7-3-1-6(2-4-7)8-5-19(18-15-8)11-14-10(9(13)20)16-17-11/h1-5H,(H2,13,20)(H,14,16,17). The molecule has 0 aliphatic carbocycles. The van der Waals surface area contributed by atoms with Crippen LogP contribution >= 0.6 is 0 Å². The molecule has 8 nitrogen and oxygen atoms in total. The minimum Gasteiger partial charge on any atom is -0.363 e. The van der Waals surface area contributed by atoms with Gasteiger partial charge in [0.05, 0.1) is 6.20 Å². The Bertz CT molecular complexity index is 761. The van der Waals surface area contributed by atoms with E-state index in [1.54, 1.807) is 18.3 Å². The lowest BCUT2D eigenvalue weighted by Gasteiger charge is -1.94. The highest BCUT2D eigenvalue weighted by atomic mass is 19.1. The number of nitrogens with zero attached hydrogens (tertiary/aromatic N) is 5. The number of halogens is 1. The summed E-state index contributed by atoms with van der Waals surface area (Å²) < 4.78 is 14.1. The summed E-state index contributed by atoms with van der Waals surface area (Å²) in [7, 11) is 0. The Morgan fingerprint density at radius 2 is 2.05 bits per heavy atom. The number of benzene rings is 1. The van der Waals surface area contributed by atoms with E-state index in [2.05, 4.69) is 25.5 Å². The van der Waals surface area contributed by atoms with Crippen LogP contribution in [-0.4, -0.2) is 36.1 Å². The molecule has 0 fully saturated rings. The van der Waals surface area contributed by atoms with E-state index in [4.69, 9.17) is 5.73 Å². The number of primary amides is 1. The van der Waals surface area contributed by atoms with Crippen molar-refractivity contribution in [3.05, 3.63) is 42.1 Å². The van der Waals surface area contributed by atoms with Crippen molar-refractivity contribution < 1.29 is 9.18 Å². The summed E-state index contributed by atoms with van der Waals surface area (Å²) in [5.74, 6) is -0.984. The van der Waals surface area contributed by atoms with Gasteiger partial charge in [0.15, 0.2) is 0 Å². The molecule has 1 amide bonds. The van der Waals surface area contributed by atoms with E-state index in [1.807, 2.05) is 0 Å². The number of nitrogens with two attached hydrogens (primary N) is 1. The Morgan fingerprint density at radius 1 is 1.30 bits per heavy atom. The second kappa shape index (κ2) is 4.53. The van der Waals surface area contributed by atoms with Crippen molar-refractivity contribution in [2.24, 2.45) is 5.73 Å². The molecule has 0 aliphatic heterocycles. The number of carbonyl (C=O) groups is 1. The molecule has 0 radical (unpaired) electrons. The Kier molecular flexibility index (Phi) is 2.71. The number of hydrogen-bond donors (Lipinski definition) is 2. The highest BCUT2D eigenvalue weighted by Crippen LogP contribution is 2.17. The minimum absolute atomic E-state index is 0.0705. The topological polar surface area (TPSA) is 115 Å². The fourth-order valence-electron chi connectivity index (χ4n) is 1.58. The van der Waals surface area contributed by atoms with Crippen molar-refractivity contribution in [3.8, 4) is 17.2 Å². The van der Waals surface area contributed by atoms with E-state index in [-0.39, 0.29) is 17.6 Å². The molecule has 3 N–H and O–H groups in total. The molecule has 0 unspecified atom stereocenters. The molecule has 0 saturated heterocycles. The van der Waals surface area contributed by atoms with E-state index in [0.717, 1.165) is 0 Å². The van der Waals surface area contributed by atoms with Crippen molar-refractivity contribution >= 4 is 5.91 Å². The highest BCUT2D eigenvalue weighted by Gasteiger charge is 2.12. The molecule has 20 heavy (non-hydrogen) atoms. The zero-order valence-electron chi connectivity index (χ0n) is 9.99. The number of H-pyrrole nitrogens is 1. The molecular formula is C11H8FN7O. The van der Waals surface area contributed by atoms with E-state index in [0.29, 0.717) is 11.3 Å². The first kappa shape index (κ1) is 12.0. The summed E-state index contributed by atoms with van der Waals surface area (Å²) in [5.41, 5.74) is 6.28. The Hall–Kier alpha value is -3.10. The largest absolute Gasteiger partial charge is 0.363 e. The minimum atomic E-state index is -0.720. The Balaban J connectivity index is 1.93. The molecule has 0 atom stereocenters. The average Bonchev–Trinajstić information content (AvgIpc) is 3.08. The van der Waals surface area contributed by atoms with Crippen LogP contribution in [0.4, 0.5) is 4.39 Å². The third kappa shape index (κ3) is 2.11. The van der Waals surface area contributed by atoms with E-state index in [1.165, 1.54) is 16.8 Å². The van der Waals surface area contributed by atoms with Crippen LogP contribution in [0.1, 0.15) is 10.6 Å². The number of aromatic nitrogens is 6. The molecule has 0 bridgehead atoms.